The highest BCUT2D eigenvalue weighted by molar-refractivity contribution is 8.13. The average Bonchev–Trinajstić information content (AvgIpc) is 2.87. The Morgan fingerprint density at radius 3 is 2.24 bits per heavy atom. The van der Waals surface area contributed by atoms with E-state index in [0.717, 1.165) is 17.7 Å². The molecule has 0 fully saturated rings. The van der Waals surface area contributed by atoms with Crippen LogP contribution in [0.3, 0.4) is 0 Å². The van der Waals surface area contributed by atoms with Gasteiger partial charge in [0.1, 0.15) is 5.92 Å². The summed E-state index contributed by atoms with van der Waals surface area (Å²) in [5.41, 5.74) is 4.16. The number of thioether (sulfide) groups is 1. The molecule has 0 radical (unpaired) electrons. The lowest BCUT2D eigenvalue weighted by atomic mass is 9.87. The largest absolute Gasteiger partial charge is 0.355 e. The summed E-state index contributed by atoms with van der Waals surface area (Å²) in [6.07, 6.45) is 2.74. The first-order chi connectivity index (χ1) is 16.6. The Balaban J connectivity index is 1.51. The number of hydrogen-bond donors (Lipinski definition) is 1. The first-order valence-electron chi connectivity index (χ1n) is 11.4. The van der Waals surface area contributed by atoms with Gasteiger partial charge in [0.05, 0.1) is 6.04 Å². The van der Waals surface area contributed by atoms with Crippen molar-refractivity contribution in [3.63, 3.8) is 0 Å². The summed E-state index contributed by atoms with van der Waals surface area (Å²) in [5.74, 6) is -0.329. The second-order valence-corrected chi connectivity index (χ2v) is 9.51. The summed E-state index contributed by atoms with van der Waals surface area (Å²) in [6.45, 7) is 2.46. The molecule has 1 aliphatic heterocycles. The minimum absolute atomic E-state index is 0.0602. The van der Waals surface area contributed by atoms with Gasteiger partial charge in [-0.25, -0.2) is 4.99 Å². The molecule has 6 heteroatoms. The molecule has 3 aromatic rings. The van der Waals surface area contributed by atoms with Crippen LogP contribution >= 0.6 is 23.4 Å². The van der Waals surface area contributed by atoms with E-state index in [1.54, 1.807) is 0 Å². The minimum Gasteiger partial charge on any atom is -0.355 e. The standard InChI is InChI=1S/C28H28ClN3OS/c1-19-25(26(32-28(31-19)34-2)22-14-9-15-23(29)18-22)27(33)30-17-16-24(20-10-5-3-6-11-20)21-12-7-4-8-13-21/h3-15,18,24-26H,16-17H2,1-2H3,(H,30,33). The second kappa shape index (κ2) is 11.5. The fraction of sp³-hybridized carbons (Fsp3) is 0.250. The molecule has 1 heterocycles. The molecule has 4 rings (SSSR count). The van der Waals surface area contributed by atoms with E-state index >= 15 is 0 Å². The van der Waals surface area contributed by atoms with Gasteiger partial charge in [0, 0.05) is 23.2 Å². The first-order valence-corrected chi connectivity index (χ1v) is 13.0. The van der Waals surface area contributed by atoms with Gasteiger partial charge in [0.15, 0.2) is 5.17 Å². The van der Waals surface area contributed by atoms with Gasteiger partial charge in [0.2, 0.25) is 5.91 Å². The zero-order valence-electron chi connectivity index (χ0n) is 19.3. The molecule has 0 aromatic heterocycles. The molecule has 0 saturated heterocycles. The van der Waals surface area contributed by atoms with Gasteiger partial charge in [-0.2, -0.15) is 0 Å². The highest BCUT2D eigenvalue weighted by Gasteiger charge is 2.35. The third-order valence-corrected chi connectivity index (χ3v) is 6.88. The van der Waals surface area contributed by atoms with Crippen molar-refractivity contribution in [3.05, 3.63) is 107 Å². The molecule has 0 spiro atoms. The van der Waals surface area contributed by atoms with E-state index in [1.165, 1.54) is 22.9 Å². The summed E-state index contributed by atoms with van der Waals surface area (Å²) in [7, 11) is 0. The summed E-state index contributed by atoms with van der Waals surface area (Å²) < 4.78 is 0. The lowest BCUT2D eigenvalue weighted by Crippen LogP contribution is -2.40. The van der Waals surface area contributed by atoms with Crippen LogP contribution in [0.25, 0.3) is 0 Å². The fourth-order valence-electron chi connectivity index (χ4n) is 4.41. The molecule has 174 valence electrons. The van der Waals surface area contributed by atoms with Crippen molar-refractivity contribution in [2.75, 3.05) is 12.8 Å². The minimum atomic E-state index is -0.471. The molecule has 0 aliphatic carbocycles. The number of halogens is 1. The van der Waals surface area contributed by atoms with Gasteiger partial charge in [-0.05, 0) is 48.4 Å². The third-order valence-electron chi connectivity index (χ3n) is 6.08. The summed E-state index contributed by atoms with van der Waals surface area (Å²) in [6, 6.07) is 28.1. The summed E-state index contributed by atoms with van der Waals surface area (Å²) >= 11 is 7.73. The number of amidine groups is 1. The van der Waals surface area contributed by atoms with E-state index < -0.39 is 5.92 Å². The number of carbonyl (C=O) groups is 1. The fourth-order valence-corrected chi connectivity index (χ4v) is 5.06. The lowest BCUT2D eigenvalue weighted by Gasteiger charge is -2.28. The zero-order valence-corrected chi connectivity index (χ0v) is 20.9. The highest BCUT2D eigenvalue weighted by atomic mass is 35.5. The SMILES string of the molecule is CSC1=NC(c2cccc(Cl)c2)C(C(=O)NCCC(c2ccccc2)c2ccccc2)C(C)=N1. The zero-order chi connectivity index (χ0) is 23.9. The molecular weight excluding hydrogens is 462 g/mol. The Morgan fingerprint density at radius 1 is 1.00 bits per heavy atom. The smallest absolute Gasteiger partial charge is 0.231 e. The van der Waals surface area contributed by atoms with Crippen molar-refractivity contribution in [1.82, 2.24) is 5.32 Å². The van der Waals surface area contributed by atoms with E-state index in [1.807, 2.05) is 49.6 Å². The molecule has 1 aliphatic rings. The van der Waals surface area contributed by atoms with Crippen LogP contribution in [0, 0.1) is 5.92 Å². The molecule has 4 nitrogen and oxygen atoms in total. The molecule has 1 amide bonds. The summed E-state index contributed by atoms with van der Waals surface area (Å²) in [4.78, 5) is 22.8. The van der Waals surface area contributed by atoms with Gasteiger partial charge in [-0.3, -0.25) is 9.79 Å². The predicted molar refractivity (Wildman–Crippen MR) is 144 cm³/mol. The number of rotatable bonds is 7. The molecular formula is C28H28ClN3OS. The Labute approximate surface area is 210 Å². The van der Waals surface area contributed by atoms with Crippen LogP contribution in [-0.4, -0.2) is 29.6 Å². The number of benzene rings is 3. The maximum Gasteiger partial charge on any atom is 0.231 e. The van der Waals surface area contributed by atoms with Crippen LogP contribution in [0.2, 0.25) is 5.02 Å². The van der Waals surface area contributed by atoms with Crippen molar-refractivity contribution in [2.24, 2.45) is 15.9 Å². The number of nitrogens with zero attached hydrogens (tertiary/aromatic N) is 2. The van der Waals surface area contributed by atoms with Crippen LogP contribution in [0.15, 0.2) is 94.9 Å². The Kier molecular flexibility index (Phi) is 8.20. The number of amides is 1. The van der Waals surface area contributed by atoms with Gasteiger partial charge in [-0.15, -0.1) is 0 Å². The lowest BCUT2D eigenvalue weighted by molar-refractivity contribution is -0.123. The van der Waals surface area contributed by atoms with E-state index in [-0.39, 0.29) is 17.9 Å². The van der Waals surface area contributed by atoms with E-state index in [2.05, 4.69) is 58.8 Å². The number of hydrogen-bond acceptors (Lipinski definition) is 4. The molecule has 1 N–H and O–H groups in total. The average molecular weight is 490 g/mol. The van der Waals surface area contributed by atoms with E-state index in [9.17, 15) is 4.79 Å². The maximum atomic E-state index is 13.4. The van der Waals surface area contributed by atoms with Crippen molar-refractivity contribution in [2.45, 2.75) is 25.3 Å². The number of aliphatic imine (C=N–C) groups is 2. The maximum absolute atomic E-state index is 13.4. The van der Waals surface area contributed by atoms with Gasteiger partial charge < -0.3 is 5.32 Å². The van der Waals surface area contributed by atoms with Crippen molar-refractivity contribution in [1.29, 1.82) is 0 Å². The quantitative estimate of drug-likeness (QED) is 0.410. The molecule has 2 unspecified atom stereocenters. The molecule has 0 saturated carbocycles. The van der Waals surface area contributed by atoms with E-state index in [0.29, 0.717) is 16.7 Å². The van der Waals surface area contributed by atoms with Crippen LogP contribution in [-0.2, 0) is 4.79 Å². The van der Waals surface area contributed by atoms with Crippen molar-refractivity contribution in [3.8, 4) is 0 Å². The predicted octanol–water partition coefficient (Wildman–Crippen LogP) is 6.53. The van der Waals surface area contributed by atoms with Crippen LogP contribution in [0.4, 0.5) is 0 Å². The summed E-state index contributed by atoms with van der Waals surface area (Å²) in [5, 5.41) is 4.48. The monoisotopic (exact) mass is 489 g/mol. The number of nitrogens with one attached hydrogen (secondary N) is 1. The van der Waals surface area contributed by atoms with E-state index in [4.69, 9.17) is 16.6 Å². The highest BCUT2D eigenvalue weighted by Crippen LogP contribution is 2.34. The van der Waals surface area contributed by atoms with Crippen LogP contribution < -0.4 is 5.32 Å². The Hall–Kier alpha value is -2.89. The molecule has 2 atom stereocenters. The first kappa shape index (κ1) is 24.2. The molecule has 0 bridgehead atoms. The normalized spacial score (nSPS) is 17.8. The number of carbonyl (C=O) groups excluding carboxylic acids is 1. The van der Waals surface area contributed by atoms with Gasteiger partial charge in [-0.1, -0.05) is 96.2 Å². The molecule has 34 heavy (non-hydrogen) atoms. The topological polar surface area (TPSA) is 53.8 Å². The Bertz CT molecular complexity index is 1140. The second-order valence-electron chi connectivity index (χ2n) is 8.30. The van der Waals surface area contributed by atoms with Gasteiger partial charge in [0.25, 0.3) is 0 Å². The van der Waals surface area contributed by atoms with Crippen molar-refractivity contribution < 1.29 is 4.79 Å². The van der Waals surface area contributed by atoms with Crippen LogP contribution in [0.1, 0.15) is 42.0 Å². The van der Waals surface area contributed by atoms with Gasteiger partial charge >= 0.3 is 0 Å². The van der Waals surface area contributed by atoms with Crippen LogP contribution in [0.5, 0.6) is 0 Å². The third kappa shape index (κ3) is 5.78. The molecule has 3 aromatic carbocycles. The Morgan fingerprint density at radius 2 is 1.65 bits per heavy atom. The van der Waals surface area contributed by atoms with Crippen molar-refractivity contribution >= 4 is 40.1 Å².